The highest BCUT2D eigenvalue weighted by atomic mass is 19.4. The Morgan fingerprint density at radius 3 is 2.24 bits per heavy atom. The van der Waals surface area contributed by atoms with Crippen LogP contribution >= 0.6 is 0 Å². The summed E-state index contributed by atoms with van der Waals surface area (Å²) < 4.78 is 46.7. The molecule has 0 radical (unpaired) electrons. The van der Waals surface area contributed by atoms with Crippen molar-refractivity contribution in [1.82, 2.24) is 10.4 Å². The third-order valence-electron chi connectivity index (χ3n) is 4.99. The van der Waals surface area contributed by atoms with Crippen molar-refractivity contribution in [3.05, 3.63) is 53.6 Å². The number of hydrogen-bond donors (Lipinski definition) is 3. The molecule has 1 heterocycles. The minimum atomic E-state index is -5.05. The van der Waals surface area contributed by atoms with Gasteiger partial charge >= 0.3 is 18.1 Å². The van der Waals surface area contributed by atoms with E-state index in [2.05, 4.69) is 10.2 Å². The number of esters is 2. The van der Waals surface area contributed by atoms with Crippen LogP contribution in [0.3, 0.4) is 0 Å². The van der Waals surface area contributed by atoms with Crippen molar-refractivity contribution in [3.63, 3.8) is 0 Å². The molecule has 1 amide bonds. The number of rotatable bonds is 5. The molecule has 0 aliphatic carbocycles. The molecule has 12 heteroatoms. The number of carbonyl (C=O) groups excluding carboxylic acids is 3. The molecule has 1 atom stereocenters. The number of halogens is 3. The molecule has 0 spiro atoms. The first-order valence-corrected chi connectivity index (χ1v) is 10.2. The first-order valence-electron chi connectivity index (χ1n) is 10.2. The van der Waals surface area contributed by atoms with Gasteiger partial charge in [-0.05, 0) is 55.7 Å². The number of ether oxygens (including phenoxy) is 2. The Morgan fingerprint density at radius 2 is 1.62 bits per heavy atom. The highest BCUT2D eigenvalue weighted by molar-refractivity contribution is 5.97. The number of benzene rings is 2. The first-order chi connectivity index (χ1) is 16.0. The maximum Gasteiger partial charge on any atom is 0.490 e. The number of phenolic OH excluding ortho intramolecular Hbond substituents is 2. The van der Waals surface area contributed by atoms with E-state index in [-0.39, 0.29) is 30.7 Å². The number of nitrogens with one attached hydrogen (secondary N) is 1. The maximum atomic E-state index is 12.5. The van der Waals surface area contributed by atoms with Crippen LogP contribution < -0.4 is 10.2 Å². The molecule has 0 saturated carbocycles. The number of hydrogen-bond acceptors (Lipinski definition) is 8. The van der Waals surface area contributed by atoms with E-state index in [9.17, 15) is 37.8 Å². The van der Waals surface area contributed by atoms with Gasteiger partial charge in [-0.25, -0.2) is 14.6 Å². The number of phenols is 2. The Kier molecular flexibility index (Phi) is 7.61. The Balaban J connectivity index is 1.54. The van der Waals surface area contributed by atoms with E-state index in [1.54, 1.807) is 0 Å². The van der Waals surface area contributed by atoms with Gasteiger partial charge in [-0.1, -0.05) is 6.07 Å². The molecule has 3 rings (SSSR count). The number of hydrazine groups is 1. The molecule has 0 aromatic heterocycles. The molecule has 1 aliphatic heterocycles. The van der Waals surface area contributed by atoms with E-state index >= 15 is 0 Å². The van der Waals surface area contributed by atoms with E-state index < -0.39 is 47.2 Å². The van der Waals surface area contributed by atoms with Gasteiger partial charge in [0.25, 0.3) is 5.91 Å². The second kappa shape index (κ2) is 10.4. The lowest BCUT2D eigenvalue weighted by molar-refractivity contribution is -0.205. The minimum absolute atomic E-state index is 0.0632. The van der Waals surface area contributed by atoms with Crippen molar-refractivity contribution in [2.24, 2.45) is 0 Å². The van der Waals surface area contributed by atoms with Gasteiger partial charge in [0.05, 0.1) is 0 Å². The SMILES string of the molecule is O=C(NN1CCCC(OC(=O)C(F)(F)F)CC1)c1ccc(OC(=O)c2c(O)cccc2O)cc1. The van der Waals surface area contributed by atoms with Crippen LogP contribution in [0.25, 0.3) is 0 Å². The molecule has 9 nitrogen and oxygen atoms in total. The summed E-state index contributed by atoms with van der Waals surface area (Å²) in [6, 6.07) is 9.25. The number of carbonyl (C=O) groups is 3. The third kappa shape index (κ3) is 6.38. The van der Waals surface area contributed by atoms with E-state index in [0.717, 1.165) is 0 Å². The third-order valence-corrected chi connectivity index (χ3v) is 4.99. The number of amides is 1. The summed E-state index contributed by atoms with van der Waals surface area (Å²) in [5, 5.41) is 21.0. The summed E-state index contributed by atoms with van der Waals surface area (Å²) in [5.41, 5.74) is 2.46. The molecule has 1 fully saturated rings. The van der Waals surface area contributed by atoms with Gasteiger partial charge in [0.2, 0.25) is 0 Å². The predicted molar refractivity (Wildman–Crippen MR) is 110 cm³/mol. The quantitative estimate of drug-likeness (QED) is 0.439. The van der Waals surface area contributed by atoms with Crippen LogP contribution in [-0.2, 0) is 9.53 Å². The van der Waals surface area contributed by atoms with Crippen LogP contribution in [0.2, 0.25) is 0 Å². The molecular weight excluding hydrogens is 461 g/mol. The zero-order chi connectivity index (χ0) is 24.9. The minimum Gasteiger partial charge on any atom is -0.507 e. The second-order valence-corrected chi connectivity index (χ2v) is 7.47. The molecule has 182 valence electrons. The number of alkyl halides is 3. The summed E-state index contributed by atoms with van der Waals surface area (Å²) in [6.07, 6.45) is -5.18. The van der Waals surface area contributed by atoms with Crippen LogP contribution in [0, 0.1) is 0 Å². The normalized spacial score (nSPS) is 16.9. The Labute approximate surface area is 191 Å². The summed E-state index contributed by atoms with van der Waals surface area (Å²) in [4.78, 5) is 35.7. The zero-order valence-corrected chi connectivity index (χ0v) is 17.7. The molecule has 34 heavy (non-hydrogen) atoms. The lowest BCUT2D eigenvalue weighted by Gasteiger charge is -2.21. The van der Waals surface area contributed by atoms with Crippen molar-refractivity contribution < 1.29 is 47.2 Å². The summed E-state index contributed by atoms with van der Waals surface area (Å²) in [5.74, 6) is -4.55. The smallest absolute Gasteiger partial charge is 0.490 e. The first kappa shape index (κ1) is 24.8. The molecular formula is C22H21F3N2O7. The van der Waals surface area contributed by atoms with E-state index in [0.29, 0.717) is 13.0 Å². The highest BCUT2D eigenvalue weighted by Gasteiger charge is 2.42. The standard InChI is InChI=1S/C22H21F3N2O7/c23-22(24,25)21(32)34-14-3-2-11-27(12-10-14)26-19(30)13-6-8-15(9-7-13)33-20(31)18-16(28)4-1-5-17(18)29/h1,4-9,14,28-29H,2-3,10-12H2,(H,26,30). The molecule has 2 aromatic carbocycles. The fourth-order valence-corrected chi connectivity index (χ4v) is 3.29. The molecule has 2 aromatic rings. The second-order valence-electron chi connectivity index (χ2n) is 7.47. The number of aromatic hydroxyl groups is 2. The van der Waals surface area contributed by atoms with E-state index in [4.69, 9.17) is 4.74 Å². The molecule has 1 aliphatic rings. The average Bonchev–Trinajstić information content (AvgIpc) is 2.98. The van der Waals surface area contributed by atoms with Crippen molar-refractivity contribution in [2.45, 2.75) is 31.5 Å². The monoisotopic (exact) mass is 482 g/mol. The van der Waals surface area contributed by atoms with Crippen LogP contribution in [-0.4, -0.2) is 58.4 Å². The molecule has 0 bridgehead atoms. The van der Waals surface area contributed by atoms with Gasteiger partial charge in [-0.15, -0.1) is 0 Å². The van der Waals surface area contributed by atoms with Gasteiger partial charge in [0.15, 0.2) is 0 Å². The van der Waals surface area contributed by atoms with Gasteiger partial charge < -0.3 is 19.7 Å². The molecule has 1 unspecified atom stereocenters. The molecule has 3 N–H and O–H groups in total. The summed E-state index contributed by atoms with van der Waals surface area (Å²) in [6.45, 7) is 0.535. The summed E-state index contributed by atoms with van der Waals surface area (Å²) in [7, 11) is 0. The Bertz CT molecular complexity index is 1040. The fraction of sp³-hybridized carbons (Fsp3) is 0.318. The Hall–Kier alpha value is -3.80. The lowest BCUT2D eigenvalue weighted by Crippen LogP contribution is -2.43. The van der Waals surface area contributed by atoms with Crippen molar-refractivity contribution in [3.8, 4) is 17.2 Å². The Morgan fingerprint density at radius 1 is 0.971 bits per heavy atom. The van der Waals surface area contributed by atoms with Gasteiger partial charge in [-0.2, -0.15) is 13.2 Å². The van der Waals surface area contributed by atoms with Gasteiger partial charge in [0.1, 0.15) is 28.9 Å². The van der Waals surface area contributed by atoms with Crippen LogP contribution in [0.5, 0.6) is 17.2 Å². The van der Waals surface area contributed by atoms with E-state index in [1.807, 2.05) is 0 Å². The van der Waals surface area contributed by atoms with Gasteiger partial charge in [-0.3, -0.25) is 10.2 Å². The van der Waals surface area contributed by atoms with E-state index in [1.165, 1.54) is 47.5 Å². The van der Waals surface area contributed by atoms with Crippen molar-refractivity contribution >= 4 is 17.8 Å². The predicted octanol–water partition coefficient (Wildman–Crippen LogP) is 2.92. The van der Waals surface area contributed by atoms with Crippen LogP contribution in [0.4, 0.5) is 13.2 Å². The average molecular weight is 482 g/mol. The summed E-state index contributed by atoms with van der Waals surface area (Å²) >= 11 is 0. The lowest BCUT2D eigenvalue weighted by atomic mass is 10.1. The zero-order valence-electron chi connectivity index (χ0n) is 17.7. The topological polar surface area (TPSA) is 125 Å². The maximum absolute atomic E-state index is 12.5. The van der Waals surface area contributed by atoms with Crippen LogP contribution in [0.15, 0.2) is 42.5 Å². The van der Waals surface area contributed by atoms with Gasteiger partial charge in [0, 0.05) is 18.7 Å². The highest BCUT2D eigenvalue weighted by Crippen LogP contribution is 2.28. The van der Waals surface area contributed by atoms with Crippen molar-refractivity contribution in [1.29, 1.82) is 0 Å². The number of nitrogens with zero attached hydrogens (tertiary/aromatic N) is 1. The van der Waals surface area contributed by atoms with Crippen LogP contribution in [0.1, 0.15) is 40.0 Å². The fourth-order valence-electron chi connectivity index (χ4n) is 3.29. The molecule has 1 saturated heterocycles. The van der Waals surface area contributed by atoms with Crippen molar-refractivity contribution in [2.75, 3.05) is 13.1 Å². The largest absolute Gasteiger partial charge is 0.507 e.